The Morgan fingerprint density at radius 3 is 2.71 bits per heavy atom. The molecule has 0 saturated carbocycles. The van der Waals surface area contributed by atoms with E-state index in [0.717, 1.165) is 25.1 Å². The summed E-state index contributed by atoms with van der Waals surface area (Å²) in [6, 6.07) is 3.67. The molecule has 1 aromatic heterocycles. The standard InChI is InChI=1S/C13H14BrF3N4/c1-2-3-18-7-12-8-19-20-21(12)11-5-9(13(15,16)17)4-10(14)6-11/h4-6,8,18H,2-3,7H2,1H3. The van der Waals surface area contributed by atoms with Crippen LogP contribution in [0.5, 0.6) is 0 Å². The molecule has 2 aromatic rings. The predicted molar refractivity (Wildman–Crippen MR) is 76.1 cm³/mol. The number of hydrogen-bond donors (Lipinski definition) is 1. The molecule has 0 aliphatic heterocycles. The van der Waals surface area contributed by atoms with E-state index in [1.165, 1.54) is 10.9 Å². The van der Waals surface area contributed by atoms with Crippen molar-refractivity contribution >= 4 is 15.9 Å². The van der Waals surface area contributed by atoms with E-state index in [4.69, 9.17) is 0 Å². The van der Waals surface area contributed by atoms with Crippen molar-refractivity contribution in [1.82, 2.24) is 20.3 Å². The highest BCUT2D eigenvalue weighted by Gasteiger charge is 2.31. The first-order chi connectivity index (χ1) is 9.91. The summed E-state index contributed by atoms with van der Waals surface area (Å²) < 4.78 is 40.3. The number of benzene rings is 1. The van der Waals surface area contributed by atoms with Crippen LogP contribution >= 0.6 is 15.9 Å². The number of rotatable bonds is 5. The molecule has 8 heteroatoms. The van der Waals surface area contributed by atoms with Crippen molar-refractivity contribution in [3.63, 3.8) is 0 Å². The van der Waals surface area contributed by atoms with Gasteiger partial charge in [0.05, 0.1) is 23.1 Å². The summed E-state index contributed by atoms with van der Waals surface area (Å²) in [5.41, 5.74) is 0.298. The van der Waals surface area contributed by atoms with Crippen LogP contribution in [0.1, 0.15) is 24.6 Å². The lowest BCUT2D eigenvalue weighted by Gasteiger charge is -2.11. The molecule has 1 N–H and O–H groups in total. The lowest BCUT2D eigenvalue weighted by atomic mass is 10.2. The molecule has 0 fully saturated rings. The Labute approximate surface area is 128 Å². The number of hydrogen-bond acceptors (Lipinski definition) is 3. The van der Waals surface area contributed by atoms with E-state index in [9.17, 15) is 13.2 Å². The SMILES string of the molecule is CCCNCc1cnnn1-c1cc(Br)cc(C(F)(F)F)c1. The van der Waals surface area contributed by atoms with Crippen LogP contribution in [-0.4, -0.2) is 21.5 Å². The third-order valence-corrected chi connectivity index (χ3v) is 3.27. The Morgan fingerprint density at radius 2 is 2.05 bits per heavy atom. The van der Waals surface area contributed by atoms with E-state index in [1.54, 1.807) is 6.07 Å². The van der Waals surface area contributed by atoms with Crippen molar-refractivity contribution in [3.05, 3.63) is 40.1 Å². The number of alkyl halides is 3. The molecule has 0 atom stereocenters. The third kappa shape index (κ3) is 4.04. The topological polar surface area (TPSA) is 42.7 Å². The molecule has 0 spiro atoms. The molecule has 4 nitrogen and oxygen atoms in total. The van der Waals surface area contributed by atoms with Gasteiger partial charge in [-0.1, -0.05) is 28.1 Å². The maximum Gasteiger partial charge on any atom is 0.416 e. The van der Waals surface area contributed by atoms with Gasteiger partial charge in [-0.05, 0) is 31.2 Å². The lowest BCUT2D eigenvalue weighted by Crippen LogP contribution is -2.17. The summed E-state index contributed by atoms with van der Waals surface area (Å²) in [7, 11) is 0. The Bertz CT molecular complexity index is 610. The lowest BCUT2D eigenvalue weighted by molar-refractivity contribution is -0.137. The van der Waals surface area contributed by atoms with Gasteiger partial charge in [-0.2, -0.15) is 13.2 Å². The second-order valence-electron chi connectivity index (χ2n) is 4.51. The van der Waals surface area contributed by atoms with Crippen LogP contribution in [0, 0.1) is 0 Å². The second-order valence-corrected chi connectivity index (χ2v) is 5.43. The van der Waals surface area contributed by atoms with E-state index in [-0.39, 0.29) is 0 Å². The normalized spacial score (nSPS) is 11.9. The summed E-state index contributed by atoms with van der Waals surface area (Å²) in [4.78, 5) is 0. The smallest absolute Gasteiger partial charge is 0.311 e. The molecule has 0 radical (unpaired) electrons. The molecule has 114 valence electrons. The Kier molecular flexibility index (Phi) is 5.00. The first-order valence-electron chi connectivity index (χ1n) is 6.40. The number of aromatic nitrogens is 3. The highest BCUT2D eigenvalue weighted by atomic mass is 79.9. The van der Waals surface area contributed by atoms with E-state index < -0.39 is 11.7 Å². The Hall–Kier alpha value is -1.41. The van der Waals surface area contributed by atoms with Gasteiger partial charge in [0.15, 0.2) is 0 Å². The van der Waals surface area contributed by atoms with E-state index >= 15 is 0 Å². The minimum Gasteiger partial charge on any atom is -0.311 e. The van der Waals surface area contributed by atoms with Gasteiger partial charge in [-0.15, -0.1) is 5.10 Å². The second kappa shape index (κ2) is 6.57. The van der Waals surface area contributed by atoms with E-state index in [0.29, 0.717) is 22.4 Å². The highest BCUT2D eigenvalue weighted by molar-refractivity contribution is 9.10. The van der Waals surface area contributed by atoms with Crippen LogP contribution in [0.25, 0.3) is 5.69 Å². The van der Waals surface area contributed by atoms with Gasteiger partial charge < -0.3 is 5.32 Å². The third-order valence-electron chi connectivity index (χ3n) is 2.81. The van der Waals surface area contributed by atoms with Crippen LogP contribution in [0.2, 0.25) is 0 Å². The first-order valence-corrected chi connectivity index (χ1v) is 7.19. The first kappa shape index (κ1) is 16.0. The average molecular weight is 363 g/mol. The number of nitrogens with zero attached hydrogens (tertiary/aromatic N) is 3. The fourth-order valence-corrected chi connectivity index (χ4v) is 2.33. The summed E-state index contributed by atoms with van der Waals surface area (Å²) >= 11 is 3.10. The summed E-state index contributed by atoms with van der Waals surface area (Å²) in [6.07, 6.45) is -1.90. The molecule has 0 unspecified atom stereocenters. The van der Waals surface area contributed by atoms with Crippen LogP contribution in [0.15, 0.2) is 28.9 Å². The molecule has 1 heterocycles. The molecule has 0 bridgehead atoms. The zero-order valence-corrected chi connectivity index (χ0v) is 12.9. The van der Waals surface area contributed by atoms with Gasteiger partial charge in [-0.3, -0.25) is 0 Å². The van der Waals surface area contributed by atoms with Crippen molar-refractivity contribution in [2.45, 2.75) is 26.1 Å². The van der Waals surface area contributed by atoms with Crippen LogP contribution in [0.3, 0.4) is 0 Å². The van der Waals surface area contributed by atoms with Crippen molar-refractivity contribution in [1.29, 1.82) is 0 Å². The van der Waals surface area contributed by atoms with Gasteiger partial charge >= 0.3 is 6.18 Å². The van der Waals surface area contributed by atoms with E-state index in [1.807, 2.05) is 6.92 Å². The highest BCUT2D eigenvalue weighted by Crippen LogP contribution is 2.32. The molecule has 2 rings (SSSR count). The zero-order chi connectivity index (χ0) is 15.5. The van der Waals surface area contributed by atoms with Crippen molar-refractivity contribution in [2.75, 3.05) is 6.54 Å². The number of halogens is 4. The van der Waals surface area contributed by atoms with Crippen molar-refractivity contribution < 1.29 is 13.2 Å². The van der Waals surface area contributed by atoms with E-state index in [2.05, 4.69) is 31.6 Å². The van der Waals surface area contributed by atoms with Gasteiger partial charge in [0.1, 0.15) is 0 Å². The van der Waals surface area contributed by atoms with Crippen molar-refractivity contribution in [3.8, 4) is 5.69 Å². The van der Waals surface area contributed by atoms with Gasteiger partial charge in [0.25, 0.3) is 0 Å². The molecule has 1 aromatic carbocycles. The molecule has 0 aliphatic rings. The molecule has 0 amide bonds. The van der Waals surface area contributed by atoms with Gasteiger partial charge in [-0.25, -0.2) is 4.68 Å². The fraction of sp³-hybridized carbons (Fsp3) is 0.385. The predicted octanol–water partition coefficient (Wildman–Crippen LogP) is 3.55. The van der Waals surface area contributed by atoms with Crippen molar-refractivity contribution in [2.24, 2.45) is 0 Å². The minimum absolute atomic E-state index is 0.322. The van der Waals surface area contributed by atoms with Gasteiger partial charge in [0, 0.05) is 11.0 Å². The monoisotopic (exact) mass is 362 g/mol. The average Bonchev–Trinajstić information content (AvgIpc) is 2.86. The van der Waals surface area contributed by atoms with Crippen LogP contribution < -0.4 is 5.32 Å². The Morgan fingerprint density at radius 1 is 1.29 bits per heavy atom. The largest absolute Gasteiger partial charge is 0.416 e. The quantitative estimate of drug-likeness (QED) is 0.827. The summed E-state index contributed by atoms with van der Waals surface area (Å²) in [5.74, 6) is 0. The molecular formula is C13H14BrF3N4. The van der Waals surface area contributed by atoms with Crippen LogP contribution in [0.4, 0.5) is 13.2 Å². The Balaban J connectivity index is 2.34. The molecular weight excluding hydrogens is 349 g/mol. The van der Waals surface area contributed by atoms with Crippen LogP contribution in [-0.2, 0) is 12.7 Å². The summed E-state index contributed by atoms with van der Waals surface area (Å²) in [6.45, 7) is 3.35. The zero-order valence-electron chi connectivity index (χ0n) is 11.3. The maximum atomic E-state index is 12.9. The maximum absolute atomic E-state index is 12.9. The van der Waals surface area contributed by atoms with Gasteiger partial charge in [0.2, 0.25) is 0 Å². The molecule has 0 saturated heterocycles. The molecule has 0 aliphatic carbocycles. The fourth-order valence-electron chi connectivity index (χ4n) is 1.85. The number of nitrogens with one attached hydrogen (secondary N) is 1. The summed E-state index contributed by atoms with van der Waals surface area (Å²) in [5, 5.41) is 10.8. The minimum atomic E-state index is -4.40. The molecule has 21 heavy (non-hydrogen) atoms.